The van der Waals surface area contributed by atoms with E-state index in [1.807, 2.05) is 11.8 Å². The zero-order chi connectivity index (χ0) is 13.4. The van der Waals surface area contributed by atoms with Crippen molar-refractivity contribution in [2.45, 2.75) is 26.3 Å². The van der Waals surface area contributed by atoms with Gasteiger partial charge in [0.25, 0.3) is 0 Å². The van der Waals surface area contributed by atoms with Crippen molar-refractivity contribution in [3.63, 3.8) is 0 Å². The summed E-state index contributed by atoms with van der Waals surface area (Å²) in [4.78, 5) is 2.31. The molecular weight excluding hydrogens is 240 g/mol. The maximum absolute atomic E-state index is 3.51. The molecule has 0 aliphatic rings. The van der Waals surface area contributed by atoms with Gasteiger partial charge in [0.05, 0.1) is 0 Å². The average Bonchev–Trinajstić information content (AvgIpc) is 2.42. The van der Waals surface area contributed by atoms with E-state index >= 15 is 0 Å². The number of anilines is 1. The molecule has 1 aromatic carbocycles. The molecule has 0 radical (unpaired) electrons. The van der Waals surface area contributed by atoms with Crippen LogP contribution in [0.15, 0.2) is 24.3 Å². The smallest absolute Gasteiger partial charge is 0.0364 e. The van der Waals surface area contributed by atoms with Gasteiger partial charge < -0.3 is 10.2 Å². The van der Waals surface area contributed by atoms with E-state index in [-0.39, 0.29) is 0 Å². The third kappa shape index (κ3) is 4.54. The molecule has 1 rings (SSSR count). The molecule has 0 bridgehead atoms. The average molecular weight is 266 g/mol. The fraction of sp³-hybridized carbons (Fsp3) is 0.600. The molecule has 0 amide bonds. The first-order chi connectivity index (χ1) is 8.72. The quantitative estimate of drug-likeness (QED) is 0.774. The highest BCUT2D eigenvalue weighted by Crippen LogP contribution is 2.20. The number of hydrogen-bond acceptors (Lipinski definition) is 3. The number of rotatable bonds is 8. The monoisotopic (exact) mass is 266 g/mol. The van der Waals surface area contributed by atoms with Crippen LogP contribution in [0.2, 0.25) is 0 Å². The van der Waals surface area contributed by atoms with Crippen molar-refractivity contribution in [2.24, 2.45) is 0 Å². The Morgan fingerprint density at radius 1 is 1.22 bits per heavy atom. The first-order valence-corrected chi connectivity index (χ1v) is 8.15. The van der Waals surface area contributed by atoms with Crippen molar-refractivity contribution in [3.05, 3.63) is 29.8 Å². The lowest BCUT2D eigenvalue weighted by atomic mass is 10.0. The first-order valence-electron chi connectivity index (χ1n) is 6.76. The van der Waals surface area contributed by atoms with Crippen LogP contribution in [0.5, 0.6) is 0 Å². The van der Waals surface area contributed by atoms with Gasteiger partial charge in [-0.3, -0.25) is 0 Å². The predicted molar refractivity (Wildman–Crippen MR) is 84.8 cm³/mol. The summed E-state index contributed by atoms with van der Waals surface area (Å²) in [7, 11) is 2.16. The molecule has 0 saturated heterocycles. The van der Waals surface area contributed by atoms with Crippen LogP contribution in [-0.4, -0.2) is 32.1 Å². The Labute approximate surface area is 116 Å². The van der Waals surface area contributed by atoms with E-state index in [4.69, 9.17) is 0 Å². The van der Waals surface area contributed by atoms with Gasteiger partial charge in [0.1, 0.15) is 0 Å². The molecule has 1 N–H and O–H groups in total. The molecule has 0 heterocycles. The number of benzene rings is 1. The van der Waals surface area contributed by atoms with E-state index in [1.54, 1.807) is 0 Å². The summed E-state index contributed by atoms with van der Waals surface area (Å²) in [6.45, 7) is 6.51. The fourth-order valence-electron chi connectivity index (χ4n) is 2.06. The second kappa shape index (κ2) is 8.44. The van der Waals surface area contributed by atoms with Crippen molar-refractivity contribution in [2.75, 3.05) is 37.0 Å². The molecule has 2 nitrogen and oxygen atoms in total. The van der Waals surface area contributed by atoms with Gasteiger partial charge in [-0.2, -0.15) is 11.8 Å². The minimum atomic E-state index is 0.487. The van der Waals surface area contributed by atoms with Crippen LogP contribution < -0.4 is 10.2 Å². The SMILES string of the molecule is CCNC(CC)c1ccc(N(C)CCSC)cc1. The molecule has 0 spiro atoms. The lowest BCUT2D eigenvalue weighted by Gasteiger charge is -2.21. The molecule has 0 aliphatic heterocycles. The Morgan fingerprint density at radius 2 is 1.89 bits per heavy atom. The fourth-order valence-corrected chi connectivity index (χ4v) is 2.52. The highest BCUT2D eigenvalue weighted by atomic mass is 32.2. The van der Waals surface area contributed by atoms with Crippen LogP contribution in [0, 0.1) is 0 Å². The van der Waals surface area contributed by atoms with Gasteiger partial charge in [-0.1, -0.05) is 26.0 Å². The predicted octanol–water partition coefficient (Wildman–Crippen LogP) is 3.55. The summed E-state index contributed by atoms with van der Waals surface area (Å²) in [5, 5.41) is 3.51. The van der Waals surface area contributed by atoms with Crippen molar-refractivity contribution in [1.82, 2.24) is 5.32 Å². The summed E-state index contributed by atoms with van der Waals surface area (Å²) in [6, 6.07) is 9.45. The summed E-state index contributed by atoms with van der Waals surface area (Å²) >= 11 is 1.89. The highest BCUT2D eigenvalue weighted by Gasteiger charge is 2.08. The number of nitrogens with one attached hydrogen (secondary N) is 1. The second-order valence-corrected chi connectivity index (χ2v) is 5.51. The maximum Gasteiger partial charge on any atom is 0.0364 e. The van der Waals surface area contributed by atoms with Crippen LogP contribution in [0.3, 0.4) is 0 Å². The van der Waals surface area contributed by atoms with E-state index in [0.29, 0.717) is 6.04 Å². The standard InChI is InChI=1S/C15H26N2S/c1-5-15(16-6-2)13-7-9-14(10-8-13)17(3)11-12-18-4/h7-10,15-16H,5-6,11-12H2,1-4H3. The first kappa shape index (κ1) is 15.4. The van der Waals surface area contributed by atoms with Gasteiger partial charge in [-0.25, -0.2) is 0 Å². The molecule has 1 unspecified atom stereocenters. The van der Waals surface area contributed by atoms with E-state index in [9.17, 15) is 0 Å². The van der Waals surface area contributed by atoms with Gasteiger partial charge in [-0.05, 0) is 36.9 Å². The molecular formula is C15H26N2S. The van der Waals surface area contributed by atoms with Crippen molar-refractivity contribution in [1.29, 1.82) is 0 Å². The molecule has 18 heavy (non-hydrogen) atoms. The normalized spacial score (nSPS) is 12.4. The second-order valence-electron chi connectivity index (χ2n) is 4.52. The molecule has 3 heteroatoms. The molecule has 0 fully saturated rings. The topological polar surface area (TPSA) is 15.3 Å². The maximum atomic E-state index is 3.51. The number of hydrogen-bond donors (Lipinski definition) is 1. The third-order valence-corrected chi connectivity index (χ3v) is 3.82. The largest absolute Gasteiger partial charge is 0.374 e. The van der Waals surface area contributed by atoms with Gasteiger partial charge in [0, 0.05) is 31.1 Å². The third-order valence-electron chi connectivity index (χ3n) is 3.23. The van der Waals surface area contributed by atoms with Crippen LogP contribution >= 0.6 is 11.8 Å². The van der Waals surface area contributed by atoms with Gasteiger partial charge >= 0.3 is 0 Å². The van der Waals surface area contributed by atoms with E-state index in [0.717, 1.165) is 19.5 Å². The van der Waals surface area contributed by atoms with Gasteiger partial charge in [-0.15, -0.1) is 0 Å². The van der Waals surface area contributed by atoms with Crippen LogP contribution in [0.25, 0.3) is 0 Å². The van der Waals surface area contributed by atoms with E-state index in [2.05, 4.69) is 61.6 Å². The molecule has 0 aliphatic carbocycles. The van der Waals surface area contributed by atoms with Crippen LogP contribution in [0.4, 0.5) is 5.69 Å². The highest BCUT2D eigenvalue weighted by molar-refractivity contribution is 7.98. The van der Waals surface area contributed by atoms with Crippen molar-refractivity contribution < 1.29 is 0 Å². The minimum absolute atomic E-state index is 0.487. The Kier molecular flexibility index (Phi) is 7.21. The van der Waals surface area contributed by atoms with Crippen LogP contribution in [0.1, 0.15) is 31.9 Å². The summed E-state index contributed by atoms with van der Waals surface area (Å²) in [5.74, 6) is 1.17. The number of thioether (sulfide) groups is 1. The van der Waals surface area contributed by atoms with E-state index < -0.39 is 0 Å². The Morgan fingerprint density at radius 3 is 2.39 bits per heavy atom. The van der Waals surface area contributed by atoms with Gasteiger partial charge in [0.15, 0.2) is 0 Å². The number of nitrogens with zero attached hydrogens (tertiary/aromatic N) is 1. The molecule has 0 aromatic heterocycles. The molecule has 0 saturated carbocycles. The summed E-state index contributed by atoms with van der Waals surface area (Å²) < 4.78 is 0. The Bertz CT molecular complexity index is 324. The van der Waals surface area contributed by atoms with Crippen molar-refractivity contribution >= 4 is 17.4 Å². The van der Waals surface area contributed by atoms with Gasteiger partial charge in [0.2, 0.25) is 0 Å². The molecule has 102 valence electrons. The zero-order valence-electron chi connectivity index (χ0n) is 12.1. The molecule has 1 atom stereocenters. The zero-order valence-corrected chi connectivity index (χ0v) is 12.9. The minimum Gasteiger partial charge on any atom is -0.374 e. The summed E-state index contributed by atoms with van der Waals surface area (Å²) in [5.41, 5.74) is 2.69. The summed E-state index contributed by atoms with van der Waals surface area (Å²) in [6.07, 6.45) is 3.29. The Balaban J connectivity index is 2.66. The molecule has 1 aromatic rings. The lowest BCUT2D eigenvalue weighted by Crippen LogP contribution is -2.21. The Hall–Kier alpha value is -0.670. The van der Waals surface area contributed by atoms with Crippen LogP contribution in [-0.2, 0) is 0 Å². The van der Waals surface area contributed by atoms with Crippen molar-refractivity contribution in [3.8, 4) is 0 Å². The van der Waals surface area contributed by atoms with E-state index in [1.165, 1.54) is 17.0 Å². The lowest BCUT2D eigenvalue weighted by molar-refractivity contribution is 0.537.